The summed E-state index contributed by atoms with van der Waals surface area (Å²) in [6.45, 7) is 5.58. The van der Waals surface area contributed by atoms with Crippen LogP contribution in [0.1, 0.15) is 43.7 Å². The third-order valence-corrected chi connectivity index (χ3v) is 4.57. The molecular weight excluding hydrogens is 318 g/mol. The number of aryl methyl sites for hydroxylation is 2. The minimum atomic E-state index is -0.0187. The van der Waals surface area contributed by atoms with Crippen molar-refractivity contribution in [1.29, 1.82) is 0 Å². The van der Waals surface area contributed by atoms with Gasteiger partial charge in [-0.3, -0.25) is 9.48 Å². The third kappa shape index (κ3) is 3.71. The zero-order valence-electron chi connectivity index (χ0n) is 15.1. The van der Waals surface area contributed by atoms with Gasteiger partial charge in [0.2, 0.25) is 5.91 Å². The number of hydrogen-bond acceptors (Lipinski definition) is 5. The molecule has 1 amide bonds. The Bertz CT molecular complexity index is 743. The number of nitrogens with zero attached hydrogens (tertiary/aromatic N) is 5. The second-order valence-corrected chi connectivity index (χ2v) is 6.29. The smallest absolute Gasteiger partial charge is 0.249 e. The van der Waals surface area contributed by atoms with E-state index >= 15 is 0 Å². The molecule has 0 saturated carbocycles. The van der Waals surface area contributed by atoms with Crippen LogP contribution < -0.4 is 0 Å². The second kappa shape index (κ2) is 7.74. The maximum Gasteiger partial charge on any atom is 0.249 e. The van der Waals surface area contributed by atoms with Crippen molar-refractivity contribution in [3.05, 3.63) is 29.8 Å². The summed E-state index contributed by atoms with van der Waals surface area (Å²) >= 11 is 0. The minimum absolute atomic E-state index is 0.0172. The molecule has 0 spiro atoms. The second-order valence-electron chi connectivity index (χ2n) is 6.29. The Morgan fingerprint density at radius 1 is 1.36 bits per heavy atom. The van der Waals surface area contributed by atoms with Gasteiger partial charge in [0.1, 0.15) is 12.4 Å². The highest BCUT2D eigenvalue weighted by Crippen LogP contribution is 2.31. The number of piperidine rings is 1. The summed E-state index contributed by atoms with van der Waals surface area (Å²) < 4.78 is 6.96. The first-order valence-electron chi connectivity index (χ1n) is 8.80. The van der Waals surface area contributed by atoms with Gasteiger partial charge in [-0.1, -0.05) is 0 Å². The van der Waals surface area contributed by atoms with E-state index in [1.165, 1.54) is 0 Å². The average Bonchev–Trinajstić information content (AvgIpc) is 3.10. The van der Waals surface area contributed by atoms with Gasteiger partial charge >= 0.3 is 0 Å². The Balaban J connectivity index is 1.97. The van der Waals surface area contributed by atoms with Crippen molar-refractivity contribution in [3.8, 4) is 11.4 Å². The van der Waals surface area contributed by atoms with Crippen molar-refractivity contribution in [2.45, 2.75) is 45.7 Å². The molecule has 1 fully saturated rings. The Labute approximate surface area is 148 Å². The normalized spacial score (nSPS) is 17.7. The van der Waals surface area contributed by atoms with Crippen LogP contribution in [0.25, 0.3) is 11.4 Å². The zero-order valence-corrected chi connectivity index (χ0v) is 15.1. The number of methoxy groups -OCH3 is 1. The van der Waals surface area contributed by atoms with Gasteiger partial charge in [-0.15, -0.1) is 0 Å². The molecule has 1 unspecified atom stereocenters. The number of likely N-dealkylation sites (tertiary alicyclic amines) is 1. The summed E-state index contributed by atoms with van der Waals surface area (Å²) in [6.07, 6.45) is 4.81. The molecule has 7 heteroatoms. The van der Waals surface area contributed by atoms with Crippen LogP contribution in [0.3, 0.4) is 0 Å². The fraction of sp³-hybridized carbons (Fsp3) is 0.556. The Morgan fingerprint density at radius 2 is 2.20 bits per heavy atom. The lowest BCUT2D eigenvalue weighted by molar-refractivity contribution is -0.139. The van der Waals surface area contributed by atoms with Crippen LogP contribution >= 0.6 is 0 Å². The van der Waals surface area contributed by atoms with Crippen LogP contribution in [0.2, 0.25) is 0 Å². The van der Waals surface area contributed by atoms with Crippen molar-refractivity contribution in [3.63, 3.8) is 0 Å². The Morgan fingerprint density at radius 3 is 2.96 bits per heavy atom. The van der Waals surface area contributed by atoms with E-state index in [9.17, 15) is 4.79 Å². The van der Waals surface area contributed by atoms with Crippen LogP contribution in [-0.2, 0) is 16.1 Å². The monoisotopic (exact) mass is 343 g/mol. The minimum Gasteiger partial charge on any atom is -0.375 e. The molecule has 0 radical (unpaired) electrons. The van der Waals surface area contributed by atoms with E-state index in [-0.39, 0.29) is 18.6 Å². The predicted molar refractivity (Wildman–Crippen MR) is 93.8 cm³/mol. The van der Waals surface area contributed by atoms with Gasteiger partial charge in [0.15, 0.2) is 0 Å². The number of rotatable bonds is 5. The molecule has 25 heavy (non-hydrogen) atoms. The molecule has 1 aliphatic heterocycles. The molecule has 0 bridgehead atoms. The molecule has 2 aromatic heterocycles. The lowest BCUT2D eigenvalue weighted by Crippen LogP contribution is -2.40. The van der Waals surface area contributed by atoms with Gasteiger partial charge in [0.25, 0.3) is 0 Å². The highest BCUT2D eigenvalue weighted by Gasteiger charge is 2.29. The third-order valence-electron chi connectivity index (χ3n) is 4.57. The summed E-state index contributed by atoms with van der Waals surface area (Å²) in [5.41, 5.74) is 2.72. The first kappa shape index (κ1) is 17.5. The first-order valence-corrected chi connectivity index (χ1v) is 8.80. The average molecular weight is 343 g/mol. The molecule has 1 aliphatic rings. The van der Waals surface area contributed by atoms with E-state index in [0.717, 1.165) is 49.4 Å². The van der Waals surface area contributed by atoms with Crippen molar-refractivity contribution >= 4 is 5.91 Å². The fourth-order valence-electron chi connectivity index (χ4n) is 3.44. The van der Waals surface area contributed by atoms with Gasteiger partial charge in [0.05, 0.1) is 23.1 Å². The highest BCUT2D eigenvalue weighted by atomic mass is 16.5. The summed E-state index contributed by atoms with van der Waals surface area (Å²) in [6, 6.07) is 3.94. The van der Waals surface area contributed by atoms with Gasteiger partial charge in [-0.25, -0.2) is 9.97 Å². The van der Waals surface area contributed by atoms with Crippen molar-refractivity contribution in [2.75, 3.05) is 20.3 Å². The molecule has 0 aliphatic carbocycles. The molecule has 0 N–H and O–H groups in total. The maximum absolute atomic E-state index is 12.4. The Kier molecular flexibility index (Phi) is 5.43. The van der Waals surface area contributed by atoms with Gasteiger partial charge in [-0.2, -0.15) is 5.10 Å². The summed E-state index contributed by atoms with van der Waals surface area (Å²) in [7, 11) is 1.55. The van der Waals surface area contributed by atoms with Crippen LogP contribution in [0.5, 0.6) is 0 Å². The Hall–Kier alpha value is -2.28. The molecule has 3 rings (SSSR count). The quantitative estimate of drug-likeness (QED) is 0.833. The first-order chi connectivity index (χ1) is 12.1. The molecule has 1 saturated heterocycles. The molecule has 1 atom stereocenters. The zero-order chi connectivity index (χ0) is 17.8. The number of ether oxygens (including phenoxy) is 1. The van der Waals surface area contributed by atoms with E-state index in [2.05, 4.69) is 22.0 Å². The van der Waals surface area contributed by atoms with Gasteiger partial charge in [-0.05, 0) is 45.2 Å². The highest BCUT2D eigenvalue weighted by molar-refractivity contribution is 5.78. The van der Waals surface area contributed by atoms with Gasteiger partial charge in [0, 0.05) is 26.4 Å². The van der Waals surface area contributed by atoms with E-state index in [1.807, 2.05) is 28.6 Å². The standard InChI is InChI=1S/C18H25N5O2/c1-4-23-17(8-9-19-23)15-11-14(20-13(2)21-15)16-7-5-6-10-22(16)18(24)12-25-3/h8-9,11,16H,4-7,10,12H2,1-3H3. The summed E-state index contributed by atoms with van der Waals surface area (Å²) in [4.78, 5) is 23.5. The van der Waals surface area contributed by atoms with E-state index < -0.39 is 0 Å². The molecular formula is C18H25N5O2. The summed E-state index contributed by atoms with van der Waals surface area (Å²) in [5, 5.41) is 4.33. The van der Waals surface area contributed by atoms with E-state index in [1.54, 1.807) is 13.3 Å². The lowest BCUT2D eigenvalue weighted by Gasteiger charge is -2.35. The number of carbonyl (C=O) groups is 1. The van der Waals surface area contributed by atoms with Crippen LogP contribution in [0, 0.1) is 6.92 Å². The number of hydrogen-bond donors (Lipinski definition) is 0. The number of carbonyl (C=O) groups excluding carboxylic acids is 1. The lowest BCUT2D eigenvalue weighted by atomic mass is 9.98. The van der Waals surface area contributed by atoms with Crippen molar-refractivity contribution < 1.29 is 9.53 Å². The predicted octanol–water partition coefficient (Wildman–Crippen LogP) is 2.37. The van der Waals surface area contributed by atoms with Crippen molar-refractivity contribution in [1.82, 2.24) is 24.6 Å². The van der Waals surface area contributed by atoms with E-state index in [4.69, 9.17) is 4.74 Å². The number of aromatic nitrogens is 4. The number of amides is 1. The maximum atomic E-state index is 12.4. The van der Waals surface area contributed by atoms with Crippen LogP contribution in [-0.4, -0.2) is 50.8 Å². The summed E-state index contributed by atoms with van der Waals surface area (Å²) in [5.74, 6) is 0.727. The molecule has 7 nitrogen and oxygen atoms in total. The molecule has 2 aromatic rings. The van der Waals surface area contributed by atoms with Gasteiger partial charge < -0.3 is 9.64 Å². The van der Waals surface area contributed by atoms with E-state index in [0.29, 0.717) is 5.82 Å². The van der Waals surface area contributed by atoms with Crippen LogP contribution in [0.15, 0.2) is 18.3 Å². The topological polar surface area (TPSA) is 73.1 Å². The van der Waals surface area contributed by atoms with Crippen LogP contribution in [0.4, 0.5) is 0 Å². The molecule has 134 valence electrons. The van der Waals surface area contributed by atoms with Crippen molar-refractivity contribution in [2.24, 2.45) is 0 Å². The SMILES string of the molecule is CCn1nccc1-c1cc(C2CCCCN2C(=O)COC)nc(C)n1. The molecule has 0 aromatic carbocycles. The molecule has 3 heterocycles. The largest absolute Gasteiger partial charge is 0.375 e. The fourth-order valence-corrected chi connectivity index (χ4v) is 3.44.